The molecule has 1 aliphatic heterocycles. The molecule has 1 aliphatic rings. The van der Waals surface area contributed by atoms with Crippen LogP contribution in [0.1, 0.15) is 56.3 Å². The number of benzene rings is 1. The van der Waals surface area contributed by atoms with E-state index in [0.29, 0.717) is 16.0 Å². The number of anilines is 1. The van der Waals surface area contributed by atoms with Crippen LogP contribution in [-0.4, -0.2) is 62.4 Å². The molecule has 6 heteroatoms. The number of halogens is 1. The van der Waals surface area contributed by atoms with Crippen LogP contribution >= 0.6 is 11.6 Å². The average Bonchev–Trinajstić information content (AvgIpc) is 2.67. The number of carbonyl (C=O) groups is 2. The van der Waals surface area contributed by atoms with Crippen molar-refractivity contribution in [3.63, 3.8) is 0 Å². The zero-order valence-corrected chi connectivity index (χ0v) is 18.7. The molecule has 28 heavy (non-hydrogen) atoms. The zero-order valence-electron chi connectivity index (χ0n) is 17.9. The van der Waals surface area contributed by atoms with Crippen molar-refractivity contribution in [2.75, 3.05) is 45.7 Å². The Morgan fingerprint density at radius 2 is 1.82 bits per heavy atom. The third kappa shape index (κ3) is 5.40. The molecule has 0 bridgehead atoms. The predicted molar refractivity (Wildman–Crippen MR) is 116 cm³/mol. The van der Waals surface area contributed by atoms with Crippen molar-refractivity contribution in [2.24, 2.45) is 5.41 Å². The third-order valence-electron chi connectivity index (χ3n) is 6.27. The minimum Gasteiger partial charge on any atom is -0.371 e. The molecular formula is C22H34ClN3O2. The Morgan fingerprint density at radius 3 is 2.32 bits per heavy atom. The van der Waals surface area contributed by atoms with E-state index >= 15 is 0 Å². The van der Waals surface area contributed by atoms with Crippen LogP contribution in [0.25, 0.3) is 0 Å². The Hall–Kier alpha value is -1.75. The second-order valence-electron chi connectivity index (χ2n) is 8.25. The second-order valence-corrected chi connectivity index (χ2v) is 8.66. The highest BCUT2D eigenvalue weighted by atomic mass is 35.5. The highest BCUT2D eigenvalue weighted by molar-refractivity contribution is 6.34. The van der Waals surface area contributed by atoms with E-state index in [4.69, 9.17) is 11.6 Å². The van der Waals surface area contributed by atoms with Gasteiger partial charge in [0, 0.05) is 53.4 Å². The quantitative estimate of drug-likeness (QED) is 0.676. The molecule has 1 fully saturated rings. The van der Waals surface area contributed by atoms with Crippen molar-refractivity contribution in [1.82, 2.24) is 9.80 Å². The van der Waals surface area contributed by atoms with Crippen LogP contribution in [0.2, 0.25) is 5.02 Å². The van der Waals surface area contributed by atoms with Gasteiger partial charge >= 0.3 is 0 Å². The fraction of sp³-hybridized carbons (Fsp3) is 0.636. The Balaban J connectivity index is 1.97. The molecule has 0 unspecified atom stereocenters. The summed E-state index contributed by atoms with van der Waals surface area (Å²) in [5, 5.41) is 0.510. The zero-order chi connectivity index (χ0) is 20.9. The molecule has 156 valence electrons. The van der Waals surface area contributed by atoms with Gasteiger partial charge in [0.25, 0.3) is 5.91 Å². The first-order valence-electron chi connectivity index (χ1n) is 10.2. The largest absolute Gasteiger partial charge is 0.371 e. The molecule has 1 heterocycles. The van der Waals surface area contributed by atoms with Gasteiger partial charge in [0.05, 0.1) is 10.6 Å². The fourth-order valence-electron chi connectivity index (χ4n) is 3.98. The van der Waals surface area contributed by atoms with Crippen molar-refractivity contribution in [2.45, 2.75) is 46.0 Å². The summed E-state index contributed by atoms with van der Waals surface area (Å²) < 4.78 is 0. The van der Waals surface area contributed by atoms with E-state index in [2.05, 4.69) is 11.8 Å². The molecule has 1 saturated heterocycles. The van der Waals surface area contributed by atoms with Crippen LogP contribution in [0.5, 0.6) is 0 Å². The van der Waals surface area contributed by atoms with Gasteiger partial charge in [-0.1, -0.05) is 24.9 Å². The second kappa shape index (κ2) is 9.64. The number of hydrogen-bond donors (Lipinski definition) is 0. The van der Waals surface area contributed by atoms with Crippen LogP contribution in [0.4, 0.5) is 5.69 Å². The van der Waals surface area contributed by atoms with Gasteiger partial charge < -0.3 is 14.7 Å². The molecule has 2 rings (SSSR count). The molecule has 2 amide bonds. The maximum absolute atomic E-state index is 12.2. The molecule has 0 aromatic heterocycles. The summed E-state index contributed by atoms with van der Waals surface area (Å²) in [5.74, 6) is 0.0594. The number of carbonyl (C=O) groups excluding carboxylic acids is 2. The molecule has 1 aromatic carbocycles. The molecule has 0 radical (unpaired) electrons. The minimum absolute atomic E-state index is 0.0734. The number of hydrogen-bond acceptors (Lipinski definition) is 3. The summed E-state index contributed by atoms with van der Waals surface area (Å²) in [7, 11) is 5.34. The first-order chi connectivity index (χ1) is 13.2. The molecule has 0 atom stereocenters. The molecule has 0 aliphatic carbocycles. The lowest BCUT2D eigenvalue weighted by Crippen LogP contribution is -2.40. The smallest absolute Gasteiger partial charge is 0.254 e. The highest BCUT2D eigenvalue weighted by Crippen LogP contribution is 2.40. The highest BCUT2D eigenvalue weighted by Gasteiger charge is 2.33. The summed E-state index contributed by atoms with van der Waals surface area (Å²) in [6.07, 6.45) is 5.66. The van der Waals surface area contributed by atoms with E-state index in [1.54, 1.807) is 30.8 Å². The third-order valence-corrected chi connectivity index (χ3v) is 6.58. The van der Waals surface area contributed by atoms with Gasteiger partial charge in [-0.3, -0.25) is 9.59 Å². The monoisotopic (exact) mass is 407 g/mol. The first kappa shape index (κ1) is 22.5. The lowest BCUT2D eigenvalue weighted by atomic mass is 9.72. The normalized spacial score (nSPS) is 16.0. The van der Waals surface area contributed by atoms with Crippen LogP contribution in [0.15, 0.2) is 18.2 Å². The summed E-state index contributed by atoms with van der Waals surface area (Å²) in [6, 6.07) is 5.75. The summed E-state index contributed by atoms with van der Waals surface area (Å²) in [5.41, 5.74) is 1.99. The van der Waals surface area contributed by atoms with Gasteiger partial charge in [0.1, 0.15) is 0 Å². The molecule has 1 aromatic rings. The molecule has 0 spiro atoms. The van der Waals surface area contributed by atoms with E-state index in [0.717, 1.165) is 51.0 Å². The predicted octanol–water partition coefficient (Wildman–Crippen LogP) is 4.30. The standard InChI is InChI=1S/C22H34ClN3O2/c1-6-22(10-7-13-25(5)17(2)27)11-14-26(15-12-22)18-8-9-19(20(23)16-18)21(28)24(3)4/h8-9,16H,6-7,10-15H2,1-5H3. The van der Waals surface area contributed by atoms with Crippen molar-refractivity contribution >= 4 is 29.1 Å². The van der Waals surface area contributed by atoms with Gasteiger partial charge in [-0.25, -0.2) is 0 Å². The van der Waals surface area contributed by atoms with E-state index < -0.39 is 0 Å². The van der Waals surface area contributed by atoms with Gasteiger partial charge in [-0.15, -0.1) is 0 Å². The average molecular weight is 408 g/mol. The summed E-state index contributed by atoms with van der Waals surface area (Å²) in [6.45, 7) is 6.72. The van der Waals surface area contributed by atoms with Crippen LogP contribution in [0, 0.1) is 5.41 Å². The Labute approximate surface area is 174 Å². The summed E-state index contributed by atoms with van der Waals surface area (Å²) >= 11 is 6.39. The first-order valence-corrected chi connectivity index (χ1v) is 10.5. The van der Waals surface area contributed by atoms with E-state index in [1.165, 1.54) is 6.42 Å². The van der Waals surface area contributed by atoms with Crippen molar-refractivity contribution in [1.29, 1.82) is 0 Å². The maximum atomic E-state index is 12.2. The van der Waals surface area contributed by atoms with Gasteiger partial charge in [-0.2, -0.15) is 0 Å². The van der Waals surface area contributed by atoms with Crippen LogP contribution in [0.3, 0.4) is 0 Å². The molecule has 0 saturated carbocycles. The van der Waals surface area contributed by atoms with E-state index in [9.17, 15) is 9.59 Å². The van der Waals surface area contributed by atoms with Crippen molar-refractivity contribution in [3.05, 3.63) is 28.8 Å². The lowest BCUT2D eigenvalue weighted by molar-refractivity contribution is -0.127. The van der Waals surface area contributed by atoms with Crippen molar-refractivity contribution < 1.29 is 9.59 Å². The molecular weight excluding hydrogens is 374 g/mol. The lowest BCUT2D eigenvalue weighted by Gasteiger charge is -2.43. The van der Waals surface area contributed by atoms with Gasteiger partial charge in [0.2, 0.25) is 5.91 Å². The van der Waals surface area contributed by atoms with Gasteiger partial charge in [0.15, 0.2) is 0 Å². The van der Waals surface area contributed by atoms with Crippen LogP contribution < -0.4 is 4.90 Å². The van der Waals surface area contributed by atoms with E-state index in [1.807, 2.05) is 25.2 Å². The number of nitrogens with zero attached hydrogens (tertiary/aromatic N) is 3. The van der Waals surface area contributed by atoms with Crippen molar-refractivity contribution in [3.8, 4) is 0 Å². The number of rotatable bonds is 7. The maximum Gasteiger partial charge on any atom is 0.254 e. The Bertz CT molecular complexity index is 697. The SMILES string of the molecule is CCC1(CCCN(C)C(C)=O)CCN(c2ccc(C(=O)N(C)C)c(Cl)c2)CC1. The molecule has 5 nitrogen and oxygen atoms in total. The fourth-order valence-corrected chi connectivity index (χ4v) is 4.24. The van der Waals surface area contributed by atoms with E-state index in [-0.39, 0.29) is 11.8 Å². The topological polar surface area (TPSA) is 43.9 Å². The van der Waals surface area contributed by atoms with Crippen LogP contribution in [-0.2, 0) is 4.79 Å². The van der Waals surface area contributed by atoms with Gasteiger partial charge in [-0.05, 0) is 49.3 Å². The Morgan fingerprint density at radius 1 is 1.18 bits per heavy atom. The Kier molecular flexibility index (Phi) is 7.76. The molecule has 0 N–H and O–H groups in total. The number of amides is 2. The summed E-state index contributed by atoms with van der Waals surface area (Å²) in [4.78, 5) is 29.3. The number of piperidine rings is 1. The minimum atomic E-state index is -0.0734.